The van der Waals surface area contributed by atoms with Gasteiger partial charge in [0.25, 0.3) is 5.91 Å². The Morgan fingerprint density at radius 1 is 0.958 bits per heavy atom. The minimum absolute atomic E-state index is 0.291. The average molecular weight is 679 g/mol. The molecule has 0 aliphatic carbocycles. The molecule has 1 aliphatic heterocycles. The lowest BCUT2D eigenvalue weighted by Crippen LogP contribution is -2.36. The van der Waals surface area contributed by atoms with Gasteiger partial charge in [0.05, 0.1) is 35.1 Å². The van der Waals surface area contributed by atoms with Crippen LogP contribution in [0.5, 0.6) is 0 Å². The van der Waals surface area contributed by atoms with Crippen molar-refractivity contribution in [1.82, 2.24) is 20.1 Å². The smallest absolute Gasteiger partial charge is 0.256 e. The Hall–Kier alpha value is -4.93. The number of hydrogen-bond acceptors (Lipinski definition) is 7. The molecule has 2 aromatic heterocycles. The topological polar surface area (TPSA) is 107 Å². The number of fused-ring (bicyclic) bond motifs is 2. The molecule has 242 valence electrons. The molecule has 4 aromatic carbocycles. The SMILES string of the molecule is CCCCN1NNc2cc(C(=O)Nc3cc(-c4cccc(Cl)c4)c4cc(C(O)(c5ccc(Cl)cc5)c5cncn5C)ccc4n3)ccc21. The Balaban J connectivity index is 1.31. The minimum atomic E-state index is -1.56. The molecule has 1 atom stereocenters. The van der Waals surface area contributed by atoms with Gasteiger partial charge in [-0.2, -0.15) is 0 Å². The van der Waals surface area contributed by atoms with E-state index in [-0.39, 0.29) is 5.91 Å². The third kappa shape index (κ3) is 5.86. The van der Waals surface area contributed by atoms with Gasteiger partial charge in [-0.3, -0.25) is 9.80 Å². The number of amides is 1. The van der Waals surface area contributed by atoms with Gasteiger partial charge in [0.2, 0.25) is 0 Å². The van der Waals surface area contributed by atoms with Crippen LogP contribution in [0.1, 0.15) is 46.9 Å². The van der Waals surface area contributed by atoms with Crippen LogP contribution < -0.4 is 21.3 Å². The number of aliphatic hydroxyl groups is 1. The van der Waals surface area contributed by atoms with E-state index < -0.39 is 5.60 Å². The van der Waals surface area contributed by atoms with Crippen LogP contribution in [0, 0.1) is 0 Å². The molecule has 1 unspecified atom stereocenters. The van der Waals surface area contributed by atoms with Crippen LogP contribution >= 0.6 is 23.2 Å². The number of anilines is 3. The third-order valence-corrected chi connectivity index (χ3v) is 9.15. The first-order valence-corrected chi connectivity index (χ1v) is 16.4. The number of hydrazine groups is 2. The van der Waals surface area contributed by atoms with Crippen LogP contribution in [0.3, 0.4) is 0 Å². The number of nitrogens with zero attached hydrogens (tertiary/aromatic N) is 4. The van der Waals surface area contributed by atoms with Gasteiger partial charge in [0, 0.05) is 34.6 Å². The predicted molar refractivity (Wildman–Crippen MR) is 192 cm³/mol. The Kier molecular flexibility index (Phi) is 8.53. The fourth-order valence-corrected chi connectivity index (χ4v) is 6.47. The number of unbranched alkanes of at least 4 members (excludes halogenated alkanes) is 1. The molecule has 1 aliphatic rings. The summed E-state index contributed by atoms with van der Waals surface area (Å²) in [5, 5.41) is 19.5. The maximum absolute atomic E-state index is 13.6. The van der Waals surface area contributed by atoms with Gasteiger partial charge in [-0.15, -0.1) is 5.53 Å². The second-order valence-electron chi connectivity index (χ2n) is 11.8. The van der Waals surface area contributed by atoms with Crippen LogP contribution in [0.4, 0.5) is 17.2 Å². The molecule has 0 fully saturated rings. The van der Waals surface area contributed by atoms with E-state index in [0.717, 1.165) is 47.3 Å². The van der Waals surface area contributed by atoms with Crippen molar-refractivity contribution in [1.29, 1.82) is 0 Å². The molecule has 7 rings (SSSR count). The molecule has 6 aromatic rings. The van der Waals surface area contributed by atoms with Crippen molar-refractivity contribution in [2.45, 2.75) is 25.4 Å². The zero-order valence-electron chi connectivity index (χ0n) is 26.3. The number of rotatable bonds is 9. The fraction of sp³-hybridized carbons (Fsp3) is 0.162. The van der Waals surface area contributed by atoms with E-state index in [1.165, 1.54) is 0 Å². The van der Waals surface area contributed by atoms with E-state index in [4.69, 9.17) is 28.2 Å². The van der Waals surface area contributed by atoms with Crippen LogP contribution in [0.2, 0.25) is 10.0 Å². The Bertz CT molecular complexity index is 2150. The van der Waals surface area contributed by atoms with Gasteiger partial charge in [0.1, 0.15) is 5.82 Å². The molecule has 0 saturated carbocycles. The summed E-state index contributed by atoms with van der Waals surface area (Å²) in [7, 11) is 1.84. The summed E-state index contributed by atoms with van der Waals surface area (Å²) in [5.74, 6) is 0.0893. The average Bonchev–Trinajstić information content (AvgIpc) is 3.72. The summed E-state index contributed by atoms with van der Waals surface area (Å²) in [6.45, 7) is 3.01. The first kappa shape index (κ1) is 31.7. The monoisotopic (exact) mass is 677 g/mol. The molecule has 48 heavy (non-hydrogen) atoms. The molecule has 11 heteroatoms. The number of carbonyl (C=O) groups is 1. The highest BCUT2D eigenvalue weighted by Crippen LogP contribution is 2.40. The maximum Gasteiger partial charge on any atom is 0.256 e. The van der Waals surface area contributed by atoms with Crippen molar-refractivity contribution in [2.75, 3.05) is 22.3 Å². The Labute approximate surface area is 288 Å². The molecular weight excluding hydrogens is 645 g/mol. The quantitative estimate of drug-likeness (QED) is 0.123. The van der Waals surface area contributed by atoms with Crippen LogP contribution in [-0.4, -0.2) is 32.1 Å². The van der Waals surface area contributed by atoms with Crippen LogP contribution in [0.15, 0.2) is 104 Å². The number of halogens is 2. The number of carbonyl (C=O) groups excluding carboxylic acids is 1. The zero-order valence-corrected chi connectivity index (χ0v) is 27.8. The van der Waals surface area contributed by atoms with Gasteiger partial charge in [-0.05, 0) is 89.3 Å². The summed E-state index contributed by atoms with van der Waals surface area (Å²) < 4.78 is 1.79. The molecule has 9 nitrogen and oxygen atoms in total. The van der Waals surface area contributed by atoms with Gasteiger partial charge in [-0.25, -0.2) is 9.97 Å². The van der Waals surface area contributed by atoms with Crippen molar-refractivity contribution < 1.29 is 9.90 Å². The van der Waals surface area contributed by atoms with E-state index in [9.17, 15) is 9.90 Å². The number of aryl methyl sites for hydroxylation is 1. The lowest BCUT2D eigenvalue weighted by atomic mass is 9.82. The van der Waals surface area contributed by atoms with Crippen molar-refractivity contribution in [2.24, 2.45) is 7.05 Å². The molecule has 0 bridgehead atoms. The molecule has 3 heterocycles. The van der Waals surface area contributed by atoms with Crippen LogP contribution in [0.25, 0.3) is 22.0 Å². The second-order valence-corrected chi connectivity index (χ2v) is 12.7. The highest BCUT2D eigenvalue weighted by atomic mass is 35.5. The molecule has 0 saturated heterocycles. The molecule has 4 N–H and O–H groups in total. The van der Waals surface area contributed by atoms with Gasteiger partial charge < -0.3 is 20.4 Å². The number of benzene rings is 4. The lowest BCUT2D eigenvalue weighted by Gasteiger charge is -2.30. The van der Waals surface area contributed by atoms with E-state index in [0.29, 0.717) is 43.8 Å². The summed E-state index contributed by atoms with van der Waals surface area (Å²) in [5.41, 5.74) is 11.1. The van der Waals surface area contributed by atoms with Crippen LogP contribution in [-0.2, 0) is 12.6 Å². The number of aromatic nitrogens is 3. The number of pyridine rings is 1. The molecule has 0 spiro atoms. The van der Waals surface area contributed by atoms with Gasteiger partial charge in [0.15, 0.2) is 5.60 Å². The normalized spacial score (nSPS) is 13.6. The first-order valence-electron chi connectivity index (χ1n) is 15.7. The Morgan fingerprint density at radius 3 is 2.52 bits per heavy atom. The molecule has 1 amide bonds. The Morgan fingerprint density at radius 2 is 1.77 bits per heavy atom. The fourth-order valence-electron chi connectivity index (χ4n) is 6.15. The van der Waals surface area contributed by atoms with Gasteiger partial charge >= 0.3 is 0 Å². The van der Waals surface area contributed by atoms with E-state index in [1.807, 2.05) is 90.9 Å². The largest absolute Gasteiger partial charge is 0.374 e. The standard InChI is InChI=1S/C37H33Cl2N7O2/c1-3-4-16-46-33-15-8-24(18-32(33)43-44-46)36(47)42-35-20-29(23-6-5-7-28(39)17-23)30-19-26(11-14-31(30)41-35)37(48,34-21-40-22-45(34)2)25-9-12-27(38)13-10-25/h5-15,17-22,43-44,48H,3-4,16H2,1-2H3,(H,41,42,47). The summed E-state index contributed by atoms with van der Waals surface area (Å²) in [6.07, 6.45) is 5.44. The van der Waals surface area contributed by atoms with E-state index >= 15 is 0 Å². The number of imidazole rings is 1. The van der Waals surface area contributed by atoms with Crippen molar-refractivity contribution in [3.05, 3.63) is 136 Å². The van der Waals surface area contributed by atoms with Crippen molar-refractivity contribution in [3.8, 4) is 11.1 Å². The lowest BCUT2D eigenvalue weighted by molar-refractivity contribution is 0.102. The molecular formula is C37H33Cl2N7O2. The number of nitrogens with one attached hydrogen (secondary N) is 3. The summed E-state index contributed by atoms with van der Waals surface area (Å²) >= 11 is 12.7. The van der Waals surface area contributed by atoms with E-state index in [1.54, 1.807) is 29.2 Å². The molecule has 0 radical (unpaired) electrons. The van der Waals surface area contributed by atoms with E-state index in [2.05, 4.69) is 28.2 Å². The highest BCUT2D eigenvalue weighted by molar-refractivity contribution is 6.31. The number of hydrogen-bond donors (Lipinski definition) is 4. The van der Waals surface area contributed by atoms with Gasteiger partial charge in [-0.1, -0.05) is 66.9 Å². The minimum Gasteiger partial charge on any atom is -0.374 e. The first-order chi connectivity index (χ1) is 23.2. The summed E-state index contributed by atoms with van der Waals surface area (Å²) in [6, 6.07) is 27.6. The predicted octanol–water partition coefficient (Wildman–Crippen LogP) is 7.93. The van der Waals surface area contributed by atoms with Crippen molar-refractivity contribution >= 4 is 57.2 Å². The second kappa shape index (κ2) is 12.9. The maximum atomic E-state index is 13.6. The highest BCUT2D eigenvalue weighted by Gasteiger charge is 2.37. The summed E-state index contributed by atoms with van der Waals surface area (Å²) in [4.78, 5) is 22.7. The third-order valence-electron chi connectivity index (χ3n) is 8.66. The van der Waals surface area contributed by atoms with Crippen molar-refractivity contribution in [3.63, 3.8) is 0 Å². The zero-order chi connectivity index (χ0) is 33.4.